The van der Waals surface area contributed by atoms with Crippen LogP contribution in [0.5, 0.6) is 0 Å². The summed E-state index contributed by atoms with van der Waals surface area (Å²) in [7, 11) is 0. The molecule has 1 aliphatic carbocycles. The molecule has 0 heterocycles. The Bertz CT molecular complexity index is 384. The van der Waals surface area contributed by atoms with E-state index in [1.54, 1.807) is 12.1 Å². The molecule has 0 N–H and O–H groups in total. The highest BCUT2D eigenvalue weighted by Gasteiger charge is 2.31. The van der Waals surface area contributed by atoms with Crippen LogP contribution in [0, 0.1) is 11.2 Å². The summed E-state index contributed by atoms with van der Waals surface area (Å²) in [5.41, 5.74) is 1.11. The van der Waals surface area contributed by atoms with E-state index in [1.165, 1.54) is 32.1 Å². The van der Waals surface area contributed by atoms with Crippen molar-refractivity contribution in [1.82, 2.24) is 0 Å². The SMILES string of the molecule is Fc1ccc(Br)cc1CC1(CBr)CCCCC1. The van der Waals surface area contributed by atoms with Gasteiger partial charge in [-0.2, -0.15) is 0 Å². The van der Waals surface area contributed by atoms with Crippen LogP contribution >= 0.6 is 31.9 Å². The van der Waals surface area contributed by atoms with E-state index >= 15 is 0 Å². The molecule has 94 valence electrons. The Labute approximate surface area is 119 Å². The molecule has 0 spiro atoms. The van der Waals surface area contributed by atoms with Crippen LogP contribution in [-0.4, -0.2) is 5.33 Å². The molecule has 0 bridgehead atoms. The van der Waals surface area contributed by atoms with Gasteiger partial charge in [0.2, 0.25) is 0 Å². The zero-order valence-corrected chi connectivity index (χ0v) is 13.0. The maximum Gasteiger partial charge on any atom is 0.126 e. The third-order valence-electron chi connectivity index (χ3n) is 3.77. The summed E-state index contributed by atoms with van der Waals surface area (Å²) in [6, 6.07) is 5.25. The first-order chi connectivity index (χ1) is 8.15. The Morgan fingerprint density at radius 2 is 1.88 bits per heavy atom. The van der Waals surface area contributed by atoms with E-state index < -0.39 is 0 Å². The van der Waals surface area contributed by atoms with E-state index in [0.717, 1.165) is 21.8 Å². The Morgan fingerprint density at radius 3 is 2.53 bits per heavy atom. The summed E-state index contributed by atoms with van der Waals surface area (Å²) in [5.74, 6) is -0.0703. The molecule has 0 atom stereocenters. The van der Waals surface area contributed by atoms with Crippen LogP contribution in [-0.2, 0) is 6.42 Å². The van der Waals surface area contributed by atoms with Gasteiger partial charge in [0.25, 0.3) is 0 Å². The minimum Gasteiger partial charge on any atom is -0.207 e. The fraction of sp³-hybridized carbons (Fsp3) is 0.571. The Balaban J connectivity index is 2.20. The van der Waals surface area contributed by atoms with Gasteiger partial charge in [0.1, 0.15) is 5.82 Å². The maximum absolute atomic E-state index is 13.8. The first kappa shape index (κ1) is 13.5. The summed E-state index contributed by atoms with van der Waals surface area (Å²) in [6.07, 6.45) is 7.16. The molecule has 1 fully saturated rings. The highest BCUT2D eigenvalue weighted by molar-refractivity contribution is 9.10. The Morgan fingerprint density at radius 1 is 1.18 bits per heavy atom. The number of halogens is 3. The van der Waals surface area contributed by atoms with Gasteiger partial charge in [0.15, 0.2) is 0 Å². The Kier molecular flexibility index (Phi) is 4.65. The molecule has 17 heavy (non-hydrogen) atoms. The predicted octanol–water partition coefficient (Wildman–Crippen LogP) is 5.48. The molecule has 1 aromatic rings. The monoisotopic (exact) mass is 362 g/mol. The van der Waals surface area contributed by atoms with Crippen molar-refractivity contribution < 1.29 is 4.39 Å². The number of hydrogen-bond donors (Lipinski definition) is 0. The molecular weight excluding hydrogens is 347 g/mol. The fourth-order valence-electron chi connectivity index (χ4n) is 2.74. The van der Waals surface area contributed by atoms with Crippen LogP contribution in [0.4, 0.5) is 4.39 Å². The third-order valence-corrected chi connectivity index (χ3v) is 5.45. The lowest BCUT2D eigenvalue weighted by atomic mass is 9.72. The van der Waals surface area contributed by atoms with Crippen molar-refractivity contribution in [1.29, 1.82) is 0 Å². The van der Waals surface area contributed by atoms with Gasteiger partial charge in [-0.25, -0.2) is 4.39 Å². The fourth-order valence-corrected chi connectivity index (χ4v) is 3.91. The van der Waals surface area contributed by atoms with Crippen LogP contribution in [0.3, 0.4) is 0 Å². The average Bonchev–Trinajstić information content (AvgIpc) is 2.35. The molecule has 0 saturated heterocycles. The van der Waals surface area contributed by atoms with E-state index in [4.69, 9.17) is 0 Å². The summed E-state index contributed by atoms with van der Waals surface area (Å²) in [5, 5.41) is 0.978. The molecule has 0 unspecified atom stereocenters. The molecular formula is C14H17Br2F. The molecule has 1 saturated carbocycles. The lowest BCUT2D eigenvalue weighted by molar-refractivity contribution is 0.221. The van der Waals surface area contributed by atoms with Gasteiger partial charge in [-0.05, 0) is 48.4 Å². The van der Waals surface area contributed by atoms with E-state index in [1.807, 2.05) is 6.07 Å². The normalized spacial score (nSPS) is 19.2. The lowest BCUT2D eigenvalue weighted by Gasteiger charge is -2.36. The summed E-state index contributed by atoms with van der Waals surface area (Å²) in [6.45, 7) is 0. The molecule has 1 aromatic carbocycles. The lowest BCUT2D eigenvalue weighted by Crippen LogP contribution is -2.28. The standard InChI is InChI=1S/C14H17Br2F/c15-10-14(6-2-1-3-7-14)9-11-8-12(16)4-5-13(11)17/h4-5,8H,1-3,6-7,9-10H2. The largest absolute Gasteiger partial charge is 0.207 e. The predicted molar refractivity (Wildman–Crippen MR) is 77.1 cm³/mol. The second kappa shape index (κ2) is 5.83. The molecule has 1 aliphatic rings. The second-order valence-corrected chi connectivity index (χ2v) is 6.58. The molecule has 0 amide bonds. The van der Waals surface area contributed by atoms with Gasteiger partial charge < -0.3 is 0 Å². The van der Waals surface area contributed by atoms with Crippen molar-refractivity contribution in [2.24, 2.45) is 5.41 Å². The van der Waals surface area contributed by atoms with Crippen molar-refractivity contribution in [3.8, 4) is 0 Å². The topological polar surface area (TPSA) is 0 Å². The van der Waals surface area contributed by atoms with Crippen LogP contribution in [0.2, 0.25) is 0 Å². The third kappa shape index (κ3) is 3.31. The molecule has 0 aromatic heterocycles. The molecule has 0 aliphatic heterocycles. The first-order valence-electron chi connectivity index (χ1n) is 6.15. The molecule has 0 nitrogen and oxygen atoms in total. The highest BCUT2D eigenvalue weighted by Crippen LogP contribution is 2.41. The van der Waals surface area contributed by atoms with Crippen molar-refractivity contribution in [3.05, 3.63) is 34.1 Å². The Hall–Kier alpha value is 0.110. The van der Waals surface area contributed by atoms with Crippen molar-refractivity contribution >= 4 is 31.9 Å². The van der Waals surface area contributed by atoms with Crippen LogP contribution in [0.15, 0.2) is 22.7 Å². The van der Waals surface area contributed by atoms with Gasteiger partial charge in [0.05, 0.1) is 0 Å². The number of alkyl halides is 1. The van der Waals surface area contributed by atoms with Gasteiger partial charge >= 0.3 is 0 Å². The maximum atomic E-state index is 13.8. The summed E-state index contributed by atoms with van der Waals surface area (Å²) < 4.78 is 14.8. The van der Waals surface area contributed by atoms with E-state index in [2.05, 4.69) is 31.9 Å². The number of hydrogen-bond acceptors (Lipinski definition) is 0. The zero-order valence-electron chi connectivity index (χ0n) is 9.82. The average molecular weight is 364 g/mol. The smallest absolute Gasteiger partial charge is 0.126 e. The van der Waals surface area contributed by atoms with Crippen molar-refractivity contribution in [2.75, 3.05) is 5.33 Å². The van der Waals surface area contributed by atoms with Crippen LogP contribution < -0.4 is 0 Å². The summed E-state index contributed by atoms with van der Waals surface area (Å²) >= 11 is 7.06. The number of rotatable bonds is 3. The van der Waals surface area contributed by atoms with Crippen LogP contribution in [0.25, 0.3) is 0 Å². The first-order valence-corrected chi connectivity index (χ1v) is 8.07. The minimum absolute atomic E-state index is 0.0703. The second-order valence-electron chi connectivity index (χ2n) is 5.11. The molecule has 2 rings (SSSR count). The highest BCUT2D eigenvalue weighted by atomic mass is 79.9. The van der Waals surface area contributed by atoms with Crippen molar-refractivity contribution in [2.45, 2.75) is 38.5 Å². The van der Waals surface area contributed by atoms with Gasteiger partial charge in [-0.3, -0.25) is 0 Å². The van der Waals surface area contributed by atoms with E-state index in [0.29, 0.717) is 0 Å². The van der Waals surface area contributed by atoms with E-state index in [9.17, 15) is 4.39 Å². The zero-order chi connectivity index (χ0) is 12.3. The van der Waals surface area contributed by atoms with Gasteiger partial charge in [0, 0.05) is 9.80 Å². The quantitative estimate of drug-likeness (QED) is 0.624. The minimum atomic E-state index is -0.0703. The van der Waals surface area contributed by atoms with Gasteiger partial charge in [-0.15, -0.1) is 0 Å². The van der Waals surface area contributed by atoms with Crippen molar-refractivity contribution in [3.63, 3.8) is 0 Å². The summed E-state index contributed by atoms with van der Waals surface area (Å²) in [4.78, 5) is 0. The molecule has 3 heteroatoms. The van der Waals surface area contributed by atoms with E-state index in [-0.39, 0.29) is 11.2 Å². The van der Waals surface area contributed by atoms with Crippen LogP contribution in [0.1, 0.15) is 37.7 Å². The molecule has 0 radical (unpaired) electrons. The van der Waals surface area contributed by atoms with Gasteiger partial charge in [-0.1, -0.05) is 51.1 Å². The number of benzene rings is 1.